The van der Waals surface area contributed by atoms with Gasteiger partial charge in [-0.3, -0.25) is 9.78 Å². The third-order valence-electron chi connectivity index (χ3n) is 5.36. The number of hydrogen-bond acceptors (Lipinski definition) is 3. The van der Waals surface area contributed by atoms with Crippen LogP contribution in [0.3, 0.4) is 0 Å². The molecule has 2 fully saturated rings. The van der Waals surface area contributed by atoms with E-state index in [4.69, 9.17) is 11.6 Å². The van der Waals surface area contributed by atoms with Crippen molar-refractivity contribution < 1.29 is 9.18 Å². The number of rotatable bonds is 3. The van der Waals surface area contributed by atoms with Crippen LogP contribution in [0.1, 0.15) is 32.1 Å². The number of pyridine rings is 1. The molecule has 0 radical (unpaired) electrons. The van der Waals surface area contributed by atoms with Gasteiger partial charge in [-0.15, -0.1) is 0 Å². The maximum atomic E-state index is 14.7. The second kappa shape index (κ2) is 6.79. The van der Waals surface area contributed by atoms with E-state index < -0.39 is 0 Å². The first-order chi connectivity index (χ1) is 12.1. The summed E-state index contributed by atoms with van der Waals surface area (Å²) in [5.74, 6) is 0.0808. The summed E-state index contributed by atoms with van der Waals surface area (Å²) in [6, 6.07) is 5.20. The predicted octanol–water partition coefficient (Wildman–Crippen LogP) is 4.23. The van der Waals surface area contributed by atoms with Gasteiger partial charge in [0.1, 0.15) is 5.52 Å². The molecule has 1 saturated carbocycles. The molecule has 4 nitrogen and oxygen atoms in total. The van der Waals surface area contributed by atoms with E-state index >= 15 is 0 Å². The first-order valence-corrected chi connectivity index (χ1v) is 9.29. The molecular weight excluding hydrogens is 341 g/mol. The highest BCUT2D eigenvalue weighted by Crippen LogP contribution is 2.30. The predicted molar refractivity (Wildman–Crippen MR) is 97.3 cm³/mol. The number of aromatic nitrogens is 1. The Morgan fingerprint density at radius 2 is 2.04 bits per heavy atom. The Labute approximate surface area is 151 Å². The van der Waals surface area contributed by atoms with Crippen molar-refractivity contribution in [2.45, 2.75) is 38.1 Å². The minimum atomic E-state index is -0.388. The Bertz CT molecular complexity index is 807. The van der Waals surface area contributed by atoms with E-state index in [1.807, 2.05) is 4.90 Å². The van der Waals surface area contributed by atoms with Gasteiger partial charge in [0.25, 0.3) is 0 Å². The second-order valence-corrected chi connectivity index (χ2v) is 7.42. The van der Waals surface area contributed by atoms with Crippen molar-refractivity contribution in [2.24, 2.45) is 5.92 Å². The molecule has 6 heteroatoms. The number of nitrogens with one attached hydrogen (secondary N) is 1. The number of amides is 1. The average Bonchev–Trinajstić information content (AvgIpc) is 3.29. The molecule has 1 saturated heterocycles. The van der Waals surface area contributed by atoms with Crippen LogP contribution in [-0.2, 0) is 4.79 Å². The zero-order chi connectivity index (χ0) is 17.4. The molecule has 0 bridgehead atoms. The lowest BCUT2D eigenvalue weighted by molar-refractivity contribution is -0.134. The molecule has 1 aromatic carbocycles. The summed E-state index contributed by atoms with van der Waals surface area (Å²) >= 11 is 6.10. The fourth-order valence-corrected chi connectivity index (χ4v) is 4.20. The largest absolute Gasteiger partial charge is 0.378 e. The lowest BCUT2D eigenvalue weighted by Crippen LogP contribution is -2.35. The smallest absolute Gasteiger partial charge is 0.225 e. The van der Waals surface area contributed by atoms with Crippen LogP contribution >= 0.6 is 11.6 Å². The van der Waals surface area contributed by atoms with Gasteiger partial charge in [0.15, 0.2) is 5.82 Å². The van der Waals surface area contributed by atoms with Crippen LogP contribution in [0.15, 0.2) is 24.4 Å². The van der Waals surface area contributed by atoms with Crippen LogP contribution in [0.2, 0.25) is 5.02 Å². The maximum absolute atomic E-state index is 14.7. The molecule has 25 heavy (non-hydrogen) atoms. The van der Waals surface area contributed by atoms with Gasteiger partial charge in [-0.1, -0.05) is 24.4 Å². The number of carbonyl (C=O) groups is 1. The molecule has 2 aromatic rings. The molecule has 1 aromatic heterocycles. The Morgan fingerprint density at radius 3 is 2.84 bits per heavy atom. The van der Waals surface area contributed by atoms with Gasteiger partial charge in [0, 0.05) is 36.6 Å². The second-order valence-electron chi connectivity index (χ2n) is 7.01. The number of benzene rings is 1. The van der Waals surface area contributed by atoms with Crippen LogP contribution in [0.4, 0.5) is 10.1 Å². The normalized spacial score (nSPS) is 21.2. The minimum absolute atomic E-state index is 0.0662. The molecule has 1 unspecified atom stereocenters. The zero-order valence-electron chi connectivity index (χ0n) is 14.0. The first-order valence-electron chi connectivity index (χ1n) is 8.91. The van der Waals surface area contributed by atoms with Gasteiger partial charge < -0.3 is 10.2 Å². The average molecular weight is 362 g/mol. The van der Waals surface area contributed by atoms with E-state index in [2.05, 4.69) is 10.3 Å². The number of halogens is 2. The van der Waals surface area contributed by atoms with Gasteiger partial charge in [-0.2, -0.15) is 0 Å². The van der Waals surface area contributed by atoms with Crippen molar-refractivity contribution in [3.63, 3.8) is 0 Å². The molecule has 0 spiro atoms. The standard InChI is InChI=1S/C19H21ClFN3O/c20-15-7-9-22-18-14(15)5-6-16(17(18)21)23-13-8-10-24(11-13)19(25)12-3-1-2-4-12/h5-7,9,12-13,23H,1-4,8,10-11H2. The summed E-state index contributed by atoms with van der Waals surface area (Å²) in [5, 5.41) is 4.34. The molecule has 1 N–H and O–H groups in total. The van der Waals surface area contributed by atoms with Crippen molar-refractivity contribution >= 4 is 34.1 Å². The summed E-state index contributed by atoms with van der Waals surface area (Å²) in [6.45, 7) is 1.38. The molecule has 1 aliphatic carbocycles. The number of fused-ring (bicyclic) bond motifs is 1. The number of hydrogen-bond donors (Lipinski definition) is 1. The molecular formula is C19H21ClFN3O. The highest BCUT2D eigenvalue weighted by Gasteiger charge is 2.32. The van der Waals surface area contributed by atoms with E-state index in [0.29, 0.717) is 22.6 Å². The number of carbonyl (C=O) groups excluding carboxylic acids is 1. The van der Waals surface area contributed by atoms with Crippen molar-refractivity contribution in [1.82, 2.24) is 9.88 Å². The lowest BCUT2D eigenvalue weighted by Gasteiger charge is -2.21. The third kappa shape index (κ3) is 3.17. The van der Waals surface area contributed by atoms with Gasteiger partial charge >= 0.3 is 0 Å². The monoisotopic (exact) mass is 361 g/mol. The Hall–Kier alpha value is -1.88. The summed E-state index contributed by atoms with van der Waals surface area (Å²) in [6.07, 6.45) is 6.68. The highest BCUT2D eigenvalue weighted by atomic mass is 35.5. The number of anilines is 1. The van der Waals surface area contributed by atoms with Crippen molar-refractivity contribution in [3.8, 4) is 0 Å². The third-order valence-corrected chi connectivity index (χ3v) is 5.69. The Kier molecular flexibility index (Phi) is 4.50. The fraction of sp³-hybridized carbons (Fsp3) is 0.474. The van der Waals surface area contributed by atoms with Crippen molar-refractivity contribution in [1.29, 1.82) is 0 Å². The molecule has 1 aliphatic heterocycles. The summed E-state index contributed by atoms with van der Waals surface area (Å²) in [4.78, 5) is 18.6. The maximum Gasteiger partial charge on any atom is 0.225 e. The first kappa shape index (κ1) is 16.6. The fourth-order valence-electron chi connectivity index (χ4n) is 3.99. The SMILES string of the molecule is O=C(C1CCCC1)N1CCC(Nc2ccc3c(Cl)ccnc3c2F)C1. The van der Waals surface area contributed by atoms with Crippen LogP contribution < -0.4 is 5.32 Å². The van der Waals surface area contributed by atoms with Gasteiger partial charge in [-0.25, -0.2) is 4.39 Å². The van der Waals surface area contributed by atoms with Gasteiger partial charge in [-0.05, 0) is 37.5 Å². The molecule has 1 amide bonds. The Morgan fingerprint density at radius 1 is 1.24 bits per heavy atom. The van der Waals surface area contributed by atoms with Crippen molar-refractivity contribution in [2.75, 3.05) is 18.4 Å². The van der Waals surface area contributed by atoms with Crippen LogP contribution in [0, 0.1) is 11.7 Å². The molecule has 2 aliphatic rings. The van der Waals surface area contributed by atoms with Crippen LogP contribution in [0.25, 0.3) is 10.9 Å². The molecule has 4 rings (SSSR count). The van der Waals surface area contributed by atoms with Crippen LogP contribution in [-0.4, -0.2) is 34.9 Å². The van der Waals surface area contributed by atoms with E-state index in [-0.39, 0.29) is 29.2 Å². The number of nitrogens with zero attached hydrogens (tertiary/aromatic N) is 2. The molecule has 1 atom stereocenters. The van der Waals surface area contributed by atoms with E-state index in [1.54, 1.807) is 18.2 Å². The summed E-state index contributed by atoms with van der Waals surface area (Å²) < 4.78 is 14.7. The molecule has 132 valence electrons. The lowest BCUT2D eigenvalue weighted by atomic mass is 10.1. The van der Waals surface area contributed by atoms with Gasteiger partial charge in [0.2, 0.25) is 5.91 Å². The van der Waals surface area contributed by atoms with E-state index in [9.17, 15) is 9.18 Å². The van der Waals surface area contributed by atoms with Gasteiger partial charge in [0.05, 0.1) is 10.7 Å². The quantitative estimate of drug-likeness (QED) is 0.889. The highest BCUT2D eigenvalue weighted by molar-refractivity contribution is 6.35. The number of likely N-dealkylation sites (tertiary alicyclic amines) is 1. The zero-order valence-corrected chi connectivity index (χ0v) is 14.7. The molecule has 2 heterocycles. The van der Waals surface area contributed by atoms with E-state index in [1.165, 1.54) is 6.20 Å². The van der Waals surface area contributed by atoms with Crippen LogP contribution in [0.5, 0.6) is 0 Å². The van der Waals surface area contributed by atoms with E-state index in [0.717, 1.165) is 38.6 Å². The topological polar surface area (TPSA) is 45.2 Å². The Balaban J connectivity index is 1.47. The summed E-state index contributed by atoms with van der Waals surface area (Å²) in [5.41, 5.74) is 0.691. The van der Waals surface area contributed by atoms with Crippen molar-refractivity contribution in [3.05, 3.63) is 35.2 Å². The summed E-state index contributed by atoms with van der Waals surface area (Å²) in [7, 11) is 0. The minimum Gasteiger partial charge on any atom is -0.378 e.